The number of halogens is 1. The monoisotopic (exact) mass is 302 g/mol. The standard InChI is InChI=1S/C15H31N4.ClH/c1-7-18-15(11-9-13(4)5)19(16-6)14(17-18)10-8-12(2)3;/h12-13,16H,7-11H2,1-6H3;1H/q+1;/p-1. The van der Waals surface area contributed by atoms with Crippen LogP contribution in [0, 0.1) is 11.8 Å². The third kappa shape index (κ3) is 5.31. The first-order valence-corrected chi connectivity index (χ1v) is 7.67. The van der Waals surface area contributed by atoms with Crippen molar-refractivity contribution in [1.29, 1.82) is 0 Å². The molecule has 0 spiro atoms. The summed E-state index contributed by atoms with van der Waals surface area (Å²) in [5.41, 5.74) is 3.30. The van der Waals surface area contributed by atoms with E-state index in [4.69, 9.17) is 5.10 Å². The summed E-state index contributed by atoms with van der Waals surface area (Å²) in [4.78, 5) is 0. The maximum absolute atomic E-state index is 4.77. The normalized spacial score (nSPS) is 11.0. The highest BCUT2D eigenvalue weighted by atomic mass is 35.5. The second kappa shape index (κ2) is 9.22. The number of rotatable bonds is 8. The van der Waals surface area contributed by atoms with Crippen LogP contribution in [0.3, 0.4) is 0 Å². The molecule has 0 saturated heterocycles. The molecule has 0 radical (unpaired) electrons. The lowest BCUT2D eigenvalue weighted by molar-refractivity contribution is -0.755. The van der Waals surface area contributed by atoms with Gasteiger partial charge in [-0.3, -0.25) is 5.43 Å². The van der Waals surface area contributed by atoms with Crippen LogP contribution in [-0.2, 0) is 19.4 Å². The first-order valence-electron chi connectivity index (χ1n) is 7.67. The summed E-state index contributed by atoms with van der Waals surface area (Å²) in [6.45, 7) is 12.2. The molecule has 1 rings (SSSR count). The quantitative estimate of drug-likeness (QED) is 0.660. The highest BCUT2D eigenvalue weighted by Gasteiger charge is 2.24. The number of nitrogens with one attached hydrogen (secondary N) is 1. The molecule has 1 aromatic heterocycles. The van der Waals surface area contributed by atoms with E-state index in [0.29, 0.717) is 0 Å². The largest absolute Gasteiger partial charge is 1.00 e. The molecule has 0 aliphatic rings. The first-order chi connectivity index (χ1) is 8.99. The molecule has 0 fully saturated rings. The zero-order valence-corrected chi connectivity index (χ0v) is 14.7. The zero-order valence-electron chi connectivity index (χ0n) is 13.9. The molecule has 0 bridgehead atoms. The maximum atomic E-state index is 4.77. The Kier molecular flexibility index (Phi) is 8.86. The van der Waals surface area contributed by atoms with E-state index in [2.05, 4.69) is 49.4 Å². The Labute approximate surface area is 130 Å². The van der Waals surface area contributed by atoms with Crippen molar-refractivity contribution in [3.05, 3.63) is 11.6 Å². The van der Waals surface area contributed by atoms with E-state index < -0.39 is 0 Å². The molecule has 0 aliphatic carbocycles. The summed E-state index contributed by atoms with van der Waals surface area (Å²) in [5.74, 6) is 3.91. The van der Waals surface area contributed by atoms with Gasteiger partial charge in [0.2, 0.25) is 0 Å². The lowest BCUT2D eigenvalue weighted by atomic mass is 10.1. The smallest absolute Gasteiger partial charge is 0.302 e. The van der Waals surface area contributed by atoms with E-state index in [1.165, 1.54) is 18.7 Å². The maximum Gasteiger partial charge on any atom is 0.302 e. The third-order valence-electron chi connectivity index (χ3n) is 3.46. The molecule has 0 atom stereocenters. The molecule has 1 heterocycles. The number of aryl methyl sites for hydroxylation is 2. The van der Waals surface area contributed by atoms with Crippen molar-refractivity contribution in [1.82, 2.24) is 9.77 Å². The van der Waals surface area contributed by atoms with Crippen molar-refractivity contribution in [2.75, 3.05) is 12.5 Å². The molecule has 0 aromatic carbocycles. The number of hydrogen-bond donors (Lipinski definition) is 1. The predicted molar refractivity (Wildman–Crippen MR) is 79.7 cm³/mol. The highest BCUT2D eigenvalue weighted by molar-refractivity contribution is 4.95. The average Bonchev–Trinajstić information content (AvgIpc) is 2.70. The minimum absolute atomic E-state index is 0. The molecule has 0 saturated carbocycles. The van der Waals surface area contributed by atoms with Crippen LogP contribution in [0.1, 0.15) is 59.1 Å². The molecule has 1 N–H and O–H groups in total. The van der Waals surface area contributed by atoms with Crippen LogP contribution in [0.15, 0.2) is 0 Å². The Morgan fingerprint density at radius 1 is 1.10 bits per heavy atom. The second-order valence-corrected chi connectivity index (χ2v) is 6.07. The van der Waals surface area contributed by atoms with Crippen LogP contribution < -0.4 is 22.5 Å². The molecule has 0 unspecified atom stereocenters. The molecule has 4 nitrogen and oxygen atoms in total. The third-order valence-corrected chi connectivity index (χ3v) is 3.46. The fourth-order valence-electron chi connectivity index (χ4n) is 2.26. The van der Waals surface area contributed by atoms with E-state index in [-0.39, 0.29) is 12.4 Å². The van der Waals surface area contributed by atoms with Crippen LogP contribution >= 0.6 is 0 Å². The SMILES string of the molecule is CC[n+]1nc(CCC(C)C)n(NC)c1CCC(C)C.[Cl-]. The van der Waals surface area contributed by atoms with Gasteiger partial charge in [0.05, 0.1) is 6.42 Å². The van der Waals surface area contributed by atoms with Gasteiger partial charge in [-0.1, -0.05) is 27.7 Å². The van der Waals surface area contributed by atoms with Crippen LogP contribution in [0.5, 0.6) is 0 Å². The van der Waals surface area contributed by atoms with E-state index >= 15 is 0 Å². The van der Waals surface area contributed by atoms with Crippen LogP contribution in [0.4, 0.5) is 0 Å². The van der Waals surface area contributed by atoms with Gasteiger partial charge >= 0.3 is 5.82 Å². The Morgan fingerprint density at radius 3 is 2.10 bits per heavy atom. The highest BCUT2D eigenvalue weighted by Crippen LogP contribution is 2.10. The first kappa shape index (κ1) is 19.2. The summed E-state index contributed by atoms with van der Waals surface area (Å²) >= 11 is 0. The van der Waals surface area contributed by atoms with Gasteiger partial charge in [0, 0.05) is 13.5 Å². The summed E-state index contributed by atoms with van der Waals surface area (Å²) in [7, 11) is 1.99. The van der Waals surface area contributed by atoms with Gasteiger partial charge in [0.15, 0.2) is 0 Å². The van der Waals surface area contributed by atoms with Gasteiger partial charge in [-0.05, 0) is 36.7 Å². The van der Waals surface area contributed by atoms with Crippen molar-refractivity contribution in [3.63, 3.8) is 0 Å². The van der Waals surface area contributed by atoms with Crippen molar-refractivity contribution < 1.29 is 17.1 Å². The van der Waals surface area contributed by atoms with Crippen LogP contribution in [0.2, 0.25) is 0 Å². The van der Waals surface area contributed by atoms with E-state index in [9.17, 15) is 0 Å². The second-order valence-electron chi connectivity index (χ2n) is 6.07. The Bertz CT molecular complexity index is 385. The summed E-state index contributed by atoms with van der Waals surface area (Å²) in [5, 5.41) is 4.77. The summed E-state index contributed by atoms with van der Waals surface area (Å²) in [6.07, 6.45) is 4.52. The van der Waals surface area contributed by atoms with Gasteiger partial charge in [-0.25, -0.2) is 0 Å². The van der Waals surface area contributed by atoms with Gasteiger partial charge in [-0.15, -0.1) is 9.36 Å². The Hall–Kier alpha value is -0.770. The van der Waals surface area contributed by atoms with E-state index in [1.54, 1.807) is 0 Å². The molecule has 0 amide bonds. The molecular weight excluding hydrogens is 272 g/mol. The summed E-state index contributed by atoms with van der Waals surface area (Å²) < 4.78 is 4.34. The molecule has 20 heavy (non-hydrogen) atoms. The Balaban J connectivity index is 0.00000361. The number of nitrogens with zero attached hydrogens (tertiary/aromatic N) is 3. The number of aromatic nitrogens is 3. The van der Waals surface area contributed by atoms with Crippen molar-refractivity contribution in [2.45, 2.75) is 66.8 Å². The molecule has 118 valence electrons. The average molecular weight is 303 g/mol. The number of hydrogen-bond acceptors (Lipinski definition) is 2. The zero-order chi connectivity index (χ0) is 14.4. The molecule has 1 aromatic rings. The van der Waals surface area contributed by atoms with Gasteiger partial charge < -0.3 is 12.4 Å². The van der Waals surface area contributed by atoms with Gasteiger partial charge in [0.1, 0.15) is 6.54 Å². The minimum Gasteiger partial charge on any atom is -1.00 e. The van der Waals surface area contributed by atoms with Gasteiger partial charge in [-0.2, -0.15) is 0 Å². The van der Waals surface area contributed by atoms with Crippen LogP contribution in [-0.4, -0.2) is 16.8 Å². The van der Waals surface area contributed by atoms with Crippen molar-refractivity contribution in [3.8, 4) is 0 Å². The topological polar surface area (TPSA) is 33.7 Å². The van der Waals surface area contributed by atoms with E-state index in [0.717, 1.165) is 37.0 Å². The van der Waals surface area contributed by atoms with Crippen LogP contribution in [0.25, 0.3) is 0 Å². The fourth-order valence-corrected chi connectivity index (χ4v) is 2.26. The van der Waals surface area contributed by atoms with Crippen molar-refractivity contribution in [2.24, 2.45) is 11.8 Å². The fraction of sp³-hybridized carbons (Fsp3) is 0.867. The summed E-state index contributed by atoms with van der Waals surface area (Å²) in [6, 6.07) is 0. The molecule has 5 heteroatoms. The molecule has 0 aliphatic heterocycles. The lowest BCUT2D eigenvalue weighted by Crippen LogP contribution is -3.00. The molecular formula is C15H31ClN4. The Morgan fingerprint density at radius 2 is 1.65 bits per heavy atom. The van der Waals surface area contributed by atoms with Gasteiger partial charge in [0.25, 0.3) is 5.82 Å². The van der Waals surface area contributed by atoms with Crippen molar-refractivity contribution >= 4 is 0 Å². The van der Waals surface area contributed by atoms with E-state index in [1.807, 2.05) is 7.05 Å². The minimum atomic E-state index is 0. The predicted octanol–water partition coefficient (Wildman–Crippen LogP) is -0.455. The lowest BCUT2D eigenvalue weighted by Gasteiger charge is -2.05.